The summed E-state index contributed by atoms with van der Waals surface area (Å²) in [7, 11) is 0. The molecule has 3 atom stereocenters. The van der Waals surface area contributed by atoms with Crippen molar-refractivity contribution in [2.24, 2.45) is 0 Å². The lowest BCUT2D eigenvalue weighted by molar-refractivity contribution is -0.144. The van der Waals surface area contributed by atoms with E-state index in [-0.39, 0.29) is 19.1 Å². The fraction of sp³-hybridized carbons (Fsp3) is 0.192. The van der Waals surface area contributed by atoms with Gasteiger partial charge in [0, 0.05) is 41.8 Å². The molecule has 1 aromatic heterocycles. The first-order chi connectivity index (χ1) is 18.3. The number of carbonyl (C=O) groups is 4. The summed E-state index contributed by atoms with van der Waals surface area (Å²) in [5.41, 5.74) is 1.91. The average molecular weight is 539 g/mol. The van der Waals surface area contributed by atoms with E-state index in [1.807, 2.05) is 0 Å². The van der Waals surface area contributed by atoms with Gasteiger partial charge in [0.05, 0.1) is 5.69 Å². The molecule has 38 heavy (non-hydrogen) atoms. The smallest absolute Gasteiger partial charge is 0.326 e. The van der Waals surface area contributed by atoms with Crippen LogP contribution < -0.4 is 15.1 Å². The summed E-state index contributed by atoms with van der Waals surface area (Å²) in [6.45, 7) is -0.335. The van der Waals surface area contributed by atoms with E-state index in [4.69, 9.17) is 21.3 Å². The van der Waals surface area contributed by atoms with Crippen molar-refractivity contribution < 1.29 is 33.8 Å². The van der Waals surface area contributed by atoms with E-state index in [0.29, 0.717) is 22.5 Å². The number of nitrogens with one attached hydrogen (secondary N) is 2. The Kier molecular flexibility index (Phi) is 8.64. The van der Waals surface area contributed by atoms with Gasteiger partial charge in [0.1, 0.15) is 12.8 Å². The second kappa shape index (κ2) is 12.3. The molecule has 4 rings (SSSR count). The molecule has 2 heterocycles. The molecule has 2 aromatic carbocycles. The van der Waals surface area contributed by atoms with Crippen molar-refractivity contribution in [2.75, 3.05) is 16.5 Å². The Bertz CT molecular complexity index is 1290. The molecular weight excluding hydrogens is 516 g/mol. The third-order valence-electron chi connectivity index (χ3n) is 5.66. The Morgan fingerprint density at radius 2 is 1.63 bits per heavy atom. The number of anilines is 2. The van der Waals surface area contributed by atoms with Gasteiger partial charge in [-0.25, -0.2) is 9.21 Å². The monoisotopic (exact) mass is 538 g/mol. The normalized spacial score (nSPS) is 17.3. The van der Waals surface area contributed by atoms with Crippen LogP contribution in [0.3, 0.4) is 0 Å². The predicted molar refractivity (Wildman–Crippen MR) is 136 cm³/mol. The van der Waals surface area contributed by atoms with Crippen molar-refractivity contribution in [3.8, 4) is 0 Å². The highest BCUT2D eigenvalue weighted by Gasteiger charge is 2.43. The van der Waals surface area contributed by atoms with Gasteiger partial charge in [-0.1, -0.05) is 30.3 Å². The molecule has 1 aliphatic rings. The lowest BCUT2D eigenvalue weighted by Gasteiger charge is -2.22. The average Bonchev–Trinajstić information content (AvgIpc) is 3.44. The molecule has 3 aromatic rings. The number of hydrogen-bond donors (Lipinski definition) is 3. The second-order valence-electron chi connectivity index (χ2n) is 8.24. The minimum atomic E-state index is -1.39. The summed E-state index contributed by atoms with van der Waals surface area (Å²) in [6, 6.07) is 16.7. The largest absolute Gasteiger partial charge is 0.480 e. The maximum atomic E-state index is 12.9. The zero-order valence-corrected chi connectivity index (χ0v) is 20.6. The topological polar surface area (TPSA) is 147 Å². The van der Waals surface area contributed by atoms with Crippen LogP contribution in [0.25, 0.3) is 0 Å². The number of halogens is 1. The van der Waals surface area contributed by atoms with Crippen LogP contribution >= 0.6 is 11.8 Å². The number of hydrogen-bond acceptors (Lipinski definition) is 7. The first kappa shape index (κ1) is 26.7. The summed E-state index contributed by atoms with van der Waals surface area (Å²) < 4.78 is 11.4. The number of aromatic nitrogens is 1. The van der Waals surface area contributed by atoms with Crippen molar-refractivity contribution in [1.82, 2.24) is 10.3 Å². The van der Waals surface area contributed by atoms with Gasteiger partial charge < -0.3 is 25.2 Å². The van der Waals surface area contributed by atoms with Crippen molar-refractivity contribution in [3.05, 3.63) is 90.3 Å². The van der Waals surface area contributed by atoms with Crippen molar-refractivity contribution in [3.63, 3.8) is 0 Å². The van der Waals surface area contributed by atoms with Gasteiger partial charge >= 0.3 is 5.97 Å². The number of para-hydroxylation sites is 1. The summed E-state index contributed by atoms with van der Waals surface area (Å²) in [6.07, 6.45) is 0.213. The van der Waals surface area contributed by atoms with Crippen LogP contribution in [0.4, 0.5) is 11.4 Å². The second-order valence-corrected chi connectivity index (χ2v) is 8.58. The van der Waals surface area contributed by atoms with E-state index in [2.05, 4.69) is 15.6 Å². The Hall–Kier alpha value is -4.32. The molecule has 12 heteroatoms. The fourth-order valence-electron chi connectivity index (χ4n) is 3.69. The fourth-order valence-corrected chi connectivity index (χ4v) is 3.90. The molecule has 11 nitrogen and oxygen atoms in total. The molecule has 0 spiro atoms. The maximum absolute atomic E-state index is 12.9. The highest BCUT2D eigenvalue weighted by molar-refractivity contribution is 6.37. The van der Waals surface area contributed by atoms with Crippen LogP contribution in [0.1, 0.15) is 15.9 Å². The van der Waals surface area contributed by atoms with Gasteiger partial charge in [0.2, 0.25) is 0 Å². The van der Waals surface area contributed by atoms with E-state index in [9.17, 15) is 24.3 Å². The zero-order valence-electron chi connectivity index (χ0n) is 19.8. The van der Waals surface area contributed by atoms with Crippen LogP contribution in [0.15, 0.2) is 79.1 Å². The Balaban J connectivity index is 1.37. The predicted octanol–water partition coefficient (Wildman–Crippen LogP) is 2.37. The SMILES string of the molecule is O=C(Nc1ccc(CC(NC(=O)[C@@H]2OCO[C@H]2C(=O)N(Cl)c2ccccc2)C(=O)O)cc1)c1ccncc1. The van der Waals surface area contributed by atoms with Crippen LogP contribution in [-0.4, -0.2) is 58.8 Å². The van der Waals surface area contributed by atoms with E-state index < -0.39 is 36.0 Å². The molecule has 1 unspecified atom stereocenters. The third kappa shape index (κ3) is 6.51. The number of benzene rings is 2. The van der Waals surface area contributed by atoms with Gasteiger partial charge in [0.25, 0.3) is 17.7 Å². The zero-order chi connectivity index (χ0) is 27.1. The van der Waals surface area contributed by atoms with Gasteiger partial charge in [-0.2, -0.15) is 0 Å². The Labute approximate surface area is 222 Å². The van der Waals surface area contributed by atoms with Gasteiger partial charge in [0.15, 0.2) is 12.2 Å². The molecule has 0 aliphatic carbocycles. The number of amides is 3. The van der Waals surface area contributed by atoms with E-state index in [0.717, 1.165) is 4.42 Å². The Morgan fingerprint density at radius 1 is 0.974 bits per heavy atom. The number of nitrogens with zero attached hydrogens (tertiary/aromatic N) is 2. The van der Waals surface area contributed by atoms with Crippen LogP contribution in [0.2, 0.25) is 0 Å². The number of pyridine rings is 1. The number of carboxylic acids is 1. The van der Waals surface area contributed by atoms with E-state index in [1.54, 1.807) is 66.7 Å². The number of carboxylic acid groups (broad SMARTS) is 1. The lowest BCUT2D eigenvalue weighted by Crippen LogP contribution is -2.52. The van der Waals surface area contributed by atoms with E-state index in [1.165, 1.54) is 12.4 Å². The van der Waals surface area contributed by atoms with Crippen molar-refractivity contribution in [2.45, 2.75) is 24.7 Å². The number of rotatable bonds is 9. The first-order valence-corrected chi connectivity index (χ1v) is 11.8. The van der Waals surface area contributed by atoms with E-state index >= 15 is 0 Å². The molecule has 1 fully saturated rings. The van der Waals surface area contributed by atoms with Crippen LogP contribution in [-0.2, 0) is 30.3 Å². The number of ether oxygens (including phenoxy) is 2. The van der Waals surface area contributed by atoms with Crippen molar-refractivity contribution >= 4 is 46.8 Å². The standard InChI is InChI=1S/C26H23ClN4O7/c27-31(19-4-2-1-3-5-19)25(34)22-21(37-15-38-22)24(33)30-20(26(35)36)14-16-6-8-18(9-7-16)29-23(32)17-10-12-28-13-11-17/h1-13,20-22H,14-15H2,(H,29,32)(H,30,33)(H,35,36)/t20?,21-,22-/m1/s1. The summed E-state index contributed by atoms with van der Waals surface area (Å²) in [5, 5.41) is 14.8. The van der Waals surface area contributed by atoms with Gasteiger partial charge in [-0.3, -0.25) is 19.4 Å². The molecule has 3 N–H and O–H groups in total. The number of aliphatic carboxylic acids is 1. The van der Waals surface area contributed by atoms with Gasteiger partial charge in [-0.15, -0.1) is 0 Å². The van der Waals surface area contributed by atoms with Crippen LogP contribution in [0.5, 0.6) is 0 Å². The van der Waals surface area contributed by atoms with Crippen molar-refractivity contribution in [1.29, 1.82) is 0 Å². The lowest BCUT2D eigenvalue weighted by atomic mass is 10.0. The summed E-state index contributed by atoms with van der Waals surface area (Å²) >= 11 is 6.14. The maximum Gasteiger partial charge on any atom is 0.326 e. The quantitative estimate of drug-likeness (QED) is 0.352. The highest BCUT2D eigenvalue weighted by atomic mass is 35.5. The highest BCUT2D eigenvalue weighted by Crippen LogP contribution is 2.23. The minimum absolute atomic E-state index is 0.0580. The summed E-state index contributed by atoms with van der Waals surface area (Å²) in [4.78, 5) is 53.8. The molecular formula is C26H23ClN4O7. The summed E-state index contributed by atoms with van der Waals surface area (Å²) in [5.74, 6) is -3.15. The molecule has 3 amide bonds. The first-order valence-electron chi connectivity index (χ1n) is 11.4. The van der Waals surface area contributed by atoms with Gasteiger partial charge in [-0.05, 0) is 42.0 Å². The molecule has 196 valence electrons. The third-order valence-corrected chi connectivity index (χ3v) is 6.02. The molecule has 0 radical (unpaired) electrons. The molecule has 0 saturated carbocycles. The molecule has 1 aliphatic heterocycles. The Morgan fingerprint density at radius 3 is 2.29 bits per heavy atom. The minimum Gasteiger partial charge on any atom is -0.480 e. The molecule has 1 saturated heterocycles. The van der Waals surface area contributed by atoms with Crippen LogP contribution in [0, 0.1) is 0 Å². The number of carbonyl (C=O) groups excluding carboxylic acids is 3. The molecule has 0 bridgehead atoms.